The number of anilines is 2. The van der Waals surface area contributed by atoms with E-state index >= 15 is 0 Å². The van der Waals surface area contributed by atoms with Crippen molar-refractivity contribution in [2.24, 2.45) is 0 Å². The maximum atomic E-state index is 13.2. The van der Waals surface area contributed by atoms with Gasteiger partial charge in [-0.15, -0.1) is 0 Å². The van der Waals surface area contributed by atoms with Crippen LogP contribution in [0.15, 0.2) is 63.9 Å². The van der Waals surface area contributed by atoms with Gasteiger partial charge in [-0.25, -0.2) is 14.3 Å². The lowest BCUT2D eigenvalue weighted by molar-refractivity contribution is 0.0527. The average Bonchev–Trinajstić information content (AvgIpc) is 3.28. The Hall–Kier alpha value is -4.40. The number of amides is 1. The molecule has 0 aliphatic carbocycles. The van der Waals surface area contributed by atoms with E-state index in [4.69, 9.17) is 9.15 Å². The van der Waals surface area contributed by atoms with Gasteiger partial charge in [0.05, 0.1) is 18.5 Å². The quantitative estimate of drug-likeness (QED) is 0.286. The molecule has 2 aromatic heterocycles. The Balaban J connectivity index is 1.73. The minimum Gasteiger partial charge on any atom is -0.462 e. The Morgan fingerprint density at radius 3 is 2.42 bits per heavy atom. The van der Waals surface area contributed by atoms with Crippen molar-refractivity contribution in [3.63, 3.8) is 0 Å². The van der Waals surface area contributed by atoms with Gasteiger partial charge in [0.1, 0.15) is 16.7 Å². The van der Waals surface area contributed by atoms with Crippen LogP contribution in [-0.4, -0.2) is 41.4 Å². The lowest BCUT2D eigenvalue weighted by Gasteiger charge is -2.21. The zero-order chi connectivity index (χ0) is 25.8. The molecule has 0 radical (unpaired) electrons. The van der Waals surface area contributed by atoms with Crippen LogP contribution in [0, 0.1) is 6.92 Å². The molecule has 36 heavy (non-hydrogen) atoms. The van der Waals surface area contributed by atoms with Gasteiger partial charge in [-0.3, -0.25) is 4.79 Å². The maximum Gasteiger partial charge on any atom is 0.349 e. The predicted molar refractivity (Wildman–Crippen MR) is 138 cm³/mol. The van der Waals surface area contributed by atoms with Crippen molar-refractivity contribution in [3.8, 4) is 5.69 Å². The van der Waals surface area contributed by atoms with E-state index in [1.165, 1.54) is 16.9 Å². The summed E-state index contributed by atoms with van der Waals surface area (Å²) in [7, 11) is 0. The van der Waals surface area contributed by atoms with Gasteiger partial charge in [0.2, 0.25) is 0 Å². The van der Waals surface area contributed by atoms with E-state index in [-0.39, 0.29) is 23.6 Å². The highest BCUT2D eigenvalue weighted by Gasteiger charge is 2.24. The number of aryl methyl sites for hydroxylation is 1. The molecule has 2 aromatic carbocycles. The number of carbonyl (C=O) groups is 2. The van der Waals surface area contributed by atoms with E-state index in [2.05, 4.69) is 15.3 Å². The van der Waals surface area contributed by atoms with Crippen LogP contribution in [0.5, 0.6) is 0 Å². The fraction of sp³-hybridized carbons (Fsp3) is 0.259. The van der Waals surface area contributed by atoms with Crippen molar-refractivity contribution in [2.45, 2.75) is 27.7 Å². The van der Waals surface area contributed by atoms with Crippen LogP contribution in [-0.2, 0) is 4.74 Å². The van der Waals surface area contributed by atoms with E-state index in [1.807, 2.05) is 57.2 Å². The van der Waals surface area contributed by atoms with Crippen LogP contribution < -0.4 is 15.8 Å². The molecule has 4 rings (SSSR count). The van der Waals surface area contributed by atoms with Crippen LogP contribution in [0.25, 0.3) is 16.7 Å². The molecule has 0 aliphatic heterocycles. The second kappa shape index (κ2) is 10.5. The summed E-state index contributed by atoms with van der Waals surface area (Å²) in [6, 6.07) is 14.4. The minimum atomic E-state index is -0.782. The molecule has 2 heterocycles. The molecule has 1 amide bonds. The summed E-state index contributed by atoms with van der Waals surface area (Å²) in [5, 5.41) is 7.55. The maximum absolute atomic E-state index is 13.2. The highest BCUT2D eigenvalue weighted by atomic mass is 16.5. The van der Waals surface area contributed by atoms with Gasteiger partial charge in [-0.1, -0.05) is 17.7 Å². The van der Waals surface area contributed by atoms with Crippen LogP contribution >= 0.6 is 0 Å². The van der Waals surface area contributed by atoms with Crippen molar-refractivity contribution in [1.82, 2.24) is 9.78 Å². The molecule has 0 saturated heterocycles. The first-order valence-corrected chi connectivity index (χ1v) is 11.8. The highest BCUT2D eigenvalue weighted by Crippen LogP contribution is 2.24. The largest absolute Gasteiger partial charge is 0.462 e. The molecule has 0 atom stereocenters. The standard InChI is InChI=1S/C27H28N4O5/c1-5-30(6-2)20-13-10-18-14-21(27(34)36-23(18)15-20)25(32)29-24-22(26(33)35-7-3)16-28-31(24)19-11-8-17(4)9-12-19/h8-16H,5-7H2,1-4H3,(H,29,32). The van der Waals surface area contributed by atoms with Gasteiger partial charge in [0.15, 0.2) is 5.82 Å². The number of fused-ring (bicyclic) bond motifs is 1. The number of esters is 1. The molecule has 0 aliphatic rings. The van der Waals surface area contributed by atoms with Crippen molar-refractivity contribution < 1.29 is 18.7 Å². The molecule has 4 aromatic rings. The number of nitrogens with zero attached hydrogens (tertiary/aromatic N) is 3. The van der Waals surface area contributed by atoms with E-state index in [1.54, 1.807) is 13.0 Å². The smallest absolute Gasteiger partial charge is 0.349 e. The summed E-state index contributed by atoms with van der Waals surface area (Å²) in [4.78, 5) is 40.7. The van der Waals surface area contributed by atoms with Crippen LogP contribution in [0.1, 0.15) is 47.1 Å². The van der Waals surface area contributed by atoms with E-state index in [9.17, 15) is 14.4 Å². The first-order valence-electron chi connectivity index (χ1n) is 11.8. The first kappa shape index (κ1) is 24.7. The molecular weight excluding hydrogens is 460 g/mol. The Bertz CT molecular complexity index is 1470. The van der Waals surface area contributed by atoms with Gasteiger partial charge in [0, 0.05) is 30.2 Å². The fourth-order valence-electron chi connectivity index (χ4n) is 3.93. The number of nitrogens with one attached hydrogen (secondary N) is 1. The molecule has 1 N–H and O–H groups in total. The molecule has 9 nitrogen and oxygen atoms in total. The van der Waals surface area contributed by atoms with Gasteiger partial charge < -0.3 is 19.4 Å². The SMILES string of the molecule is CCOC(=O)c1cnn(-c2ccc(C)cc2)c1NC(=O)c1cc2ccc(N(CC)CC)cc2oc1=O. The van der Waals surface area contributed by atoms with Crippen molar-refractivity contribution >= 4 is 34.4 Å². The van der Waals surface area contributed by atoms with E-state index < -0.39 is 17.5 Å². The number of rotatable bonds is 8. The second-order valence-electron chi connectivity index (χ2n) is 8.17. The van der Waals surface area contributed by atoms with Crippen LogP contribution in [0.2, 0.25) is 0 Å². The third kappa shape index (κ3) is 4.86. The third-order valence-corrected chi connectivity index (χ3v) is 5.87. The van der Waals surface area contributed by atoms with Crippen LogP contribution in [0.4, 0.5) is 11.5 Å². The molecule has 186 valence electrons. The molecule has 9 heteroatoms. The van der Waals surface area contributed by atoms with Crippen LogP contribution in [0.3, 0.4) is 0 Å². The number of hydrogen-bond acceptors (Lipinski definition) is 7. The normalized spacial score (nSPS) is 10.9. The van der Waals surface area contributed by atoms with Crippen molar-refractivity contribution in [3.05, 3.63) is 81.8 Å². The molecular formula is C27H28N4O5. The number of benzene rings is 2. The van der Waals surface area contributed by atoms with Gasteiger partial charge in [-0.05, 0) is 58.0 Å². The zero-order valence-corrected chi connectivity index (χ0v) is 20.7. The first-order chi connectivity index (χ1) is 17.4. The van der Waals surface area contributed by atoms with E-state index in [0.29, 0.717) is 16.7 Å². The van der Waals surface area contributed by atoms with Gasteiger partial charge in [-0.2, -0.15) is 5.10 Å². The monoisotopic (exact) mass is 488 g/mol. The number of carbonyl (C=O) groups excluding carboxylic acids is 2. The Kier molecular flexibility index (Phi) is 7.19. The predicted octanol–water partition coefficient (Wildman–Crippen LogP) is 4.56. The van der Waals surface area contributed by atoms with Crippen molar-refractivity contribution in [1.29, 1.82) is 0 Å². The summed E-state index contributed by atoms with van der Waals surface area (Å²) in [6.07, 6.45) is 1.32. The third-order valence-electron chi connectivity index (χ3n) is 5.87. The summed E-state index contributed by atoms with van der Waals surface area (Å²) < 4.78 is 12.0. The molecule has 0 bridgehead atoms. The minimum absolute atomic E-state index is 0.0693. The summed E-state index contributed by atoms with van der Waals surface area (Å²) in [5.74, 6) is -1.27. The summed E-state index contributed by atoms with van der Waals surface area (Å²) in [6.45, 7) is 9.50. The number of aromatic nitrogens is 2. The number of ether oxygens (including phenoxy) is 1. The topological polar surface area (TPSA) is 107 Å². The van der Waals surface area contributed by atoms with Crippen molar-refractivity contribution in [2.75, 3.05) is 29.9 Å². The molecule has 0 saturated carbocycles. The Morgan fingerprint density at radius 1 is 1.03 bits per heavy atom. The molecule has 0 spiro atoms. The number of hydrogen-bond donors (Lipinski definition) is 1. The van der Waals surface area contributed by atoms with Gasteiger partial charge in [0.25, 0.3) is 5.91 Å². The Labute approximate surface area is 208 Å². The van der Waals surface area contributed by atoms with Gasteiger partial charge >= 0.3 is 11.6 Å². The Morgan fingerprint density at radius 2 is 1.75 bits per heavy atom. The summed E-state index contributed by atoms with van der Waals surface area (Å²) >= 11 is 0. The van der Waals surface area contributed by atoms with E-state index in [0.717, 1.165) is 24.3 Å². The lowest BCUT2D eigenvalue weighted by Crippen LogP contribution is -2.24. The lowest BCUT2D eigenvalue weighted by atomic mass is 10.1. The average molecular weight is 489 g/mol. The molecule has 0 unspecified atom stereocenters. The second-order valence-corrected chi connectivity index (χ2v) is 8.17. The summed E-state index contributed by atoms with van der Waals surface area (Å²) in [5.41, 5.74) is 2.08. The fourth-order valence-corrected chi connectivity index (χ4v) is 3.93. The molecule has 0 fully saturated rings. The zero-order valence-electron chi connectivity index (χ0n) is 20.7. The highest BCUT2D eigenvalue weighted by molar-refractivity contribution is 6.08.